The van der Waals surface area contributed by atoms with Crippen molar-refractivity contribution in [1.29, 1.82) is 0 Å². The molecule has 1 aromatic heterocycles. The number of allylic oxidation sites excluding steroid dienone is 1. The number of hydrogen-bond donors (Lipinski definition) is 1. The summed E-state index contributed by atoms with van der Waals surface area (Å²) in [4.78, 5) is 0. The Morgan fingerprint density at radius 2 is 2.27 bits per heavy atom. The zero-order valence-electron chi connectivity index (χ0n) is 7.31. The highest BCUT2D eigenvalue weighted by Gasteiger charge is 2.07. The van der Waals surface area contributed by atoms with Gasteiger partial charge in [-0.05, 0) is 18.4 Å². The first-order chi connectivity index (χ1) is 5.13. The third-order valence-corrected chi connectivity index (χ3v) is 1.71. The van der Waals surface area contributed by atoms with Crippen molar-refractivity contribution in [2.45, 2.75) is 26.7 Å². The third kappa shape index (κ3) is 1.50. The molecule has 2 heteroatoms. The van der Waals surface area contributed by atoms with Crippen LogP contribution in [0, 0.1) is 0 Å². The fourth-order valence-electron chi connectivity index (χ4n) is 1.08. The SMILES string of the molecule is C=C(C)c1cn[nH]c1C(C)C. The van der Waals surface area contributed by atoms with Crippen LogP contribution >= 0.6 is 0 Å². The van der Waals surface area contributed by atoms with Crippen molar-refractivity contribution < 1.29 is 0 Å². The highest BCUT2D eigenvalue weighted by molar-refractivity contribution is 5.62. The second-order valence-corrected chi connectivity index (χ2v) is 3.13. The van der Waals surface area contributed by atoms with Gasteiger partial charge in [0.25, 0.3) is 0 Å². The minimum atomic E-state index is 0.490. The molecule has 1 N–H and O–H groups in total. The highest BCUT2D eigenvalue weighted by atomic mass is 15.1. The number of aromatic nitrogens is 2. The molecule has 0 saturated carbocycles. The van der Waals surface area contributed by atoms with Crippen LogP contribution in [0.5, 0.6) is 0 Å². The summed E-state index contributed by atoms with van der Waals surface area (Å²) < 4.78 is 0. The van der Waals surface area contributed by atoms with Gasteiger partial charge in [-0.25, -0.2) is 0 Å². The van der Waals surface area contributed by atoms with Crippen molar-refractivity contribution in [3.63, 3.8) is 0 Å². The van der Waals surface area contributed by atoms with Crippen molar-refractivity contribution in [3.05, 3.63) is 24.0 Å². The van der Waals surface area contributed by atoms with Crippen molar-refractivity contribution in [2.75, 3.05) is 0 Å². The number of H-pyrrole nitrogens is 1. The monoisotopic (exact) mass is 150 g/mol. The molecule has 1 heterocycles. The van der Waals surface area contributed by atoms with Crippen LogP contribution in [0.3, 0.4) is 0 Å². The normalized spacial score (nSPS) is 10.5. The Labute approximate surface area is 67.3 Å². The lowest BCUT2D eigenvalue weighted by molar-refractivity contribution is 0.808. The van der Waals surface area contributed by atoms with E-state index in [-0.39, 0.29) is 0 Å². The minimum absolute atomic E-state index is 0.490. The summed E-state index contributed by atoms with van der Waals surface area (Å²) in [5.41, 5.74) is 3.40. The van der Waals surface area contributed by atoms with Gasteiger partial charge in [0.05, 0.1) is 6.20 Å². The molecule has 0 radical (unpaired) electrons. The number of nitrogens with one attached hydrogen (secondary N) is 1. The Morgan fingerprint density at radius 3 is 2.64 bits per heavy atom. The van der Waals surface area contributed by atoms with E-state index in [0.717, 1.165) is 11.1 Å². The smallest absolute Gasteiger partial charge is 0.0565 e. The first-order valence-electron chi connectivity index (χ1n) is 3.82. The van der Waals surface area contributed by atoms with Crippen LogP contribution < -0.4 is 0 Å². The second kappa shape index (κ2) is 2.91. The fraction of sp³-hybridized carbons (Fsp3) is 0.444. The molecule has 0 bridgehead atoms. The Balaban J connectivity index is 3.06. The molecule has 11 heavy (non-hydrogen) atoms. The van der Waals surface area contributed by atoms with E-state index >= 15 is 0 Å². The fourth-order valence-corrected chi connectivity index (χ4v) is 1.08. The summed E-state index contributed by atoms with van der Waals surface area (Å²) in [5.74, 6) is 0.490. The van der Waals surface area contributed by atoms with Crippen molar-refractivity contribution in [3.8, 4) is 0 Å². The van der Waals surface area contributed by atoms with Crippen LogP contribution in [0.15, 0.2) is 12.8 Å². The topological polar surface area (TPSA) is 28.7 Å². The van der Waals surface area contributed by atoms with E-state index in [4.69, 9.17) is 0 Å². The molecule has 0 atom stereocenters. The molecule has 1 aromatic rings. The Morgan fingerprint density at radius 1 is 1.64 bits per heavy atom. The number of aromatic amines is 1. The summed E-state index contributed by atoms with van der Waals surface area (Å²) in [7, 11) is 0. The van der Waals surface area contributed by atoms with E-state index in [1.165, 1.54) is 5.69 Å². The van der Waals surface area contributed by atoms with Crippen LogP contribution in [-0.4, -0.2) is 10.2 Å². The maximum Gasteiger partial charge on any atom is 0.0565 e. The molecular weight excluding hydrogens is 136 g/mol. The predicted octanol–water partition coefficient (Wildman–Crippen LogP) is 2.57. The van der Waals surface area contributed by atoms with Crippen LogP contribution in [0.4, 0.5) is 0 Å². The maximum absolute atomic E-state index is 3.98. The van der Waals surface area contributed by atoms with E-state index in [0.29, 0.717) is 5.92 Å². The standard InChI is InChI=1S/C9H14N2/c1-6(2)8-5-10-11-9(8)7(3)4/h5,7H,1H2,2-4H3,(H,10,11). The van der Waals surface area contributed by atoms with Gasteiger partial charge in [0, 0.05) is 11.3 Å². The Kier molecular flexibility index (Phi) is 2.13. The largest absolute Gasteiger partial charge is 0.282 e. The summed E-state index contributed by atoms with van der Waals surface area (Å²) in [6.07, 6.45) is 1.83. The number of nitrogens with zero attached hydrogens (tertiary/aromatic N) is 1. The molecule has 0 aromatic carbocycles. The van der Waals surface area contributed by atoms with Crippen molar-refractivity contribution in [2.24, 2.45) is 0 Å². The average Bonchev–Trinajstić information content (AvgIpc) is 2.32. The lowest BCUT2D eigenvalue weighted by Crippen LogP contribution is -1.91. The van der Waals surface area contributed by atoms with Crippen LogP contribution in [0.1, 0.15) is 37.9 Å². The minimum Gasteiger partial charge on any atom is -0.282 e. The molecular formula is C9H14N2. The summed E-state index contributed by atoms with van der Waals surface area (Å²) in [6, 6.07) is 0. The molecule has 0 aliphatic heterocycles. The van der Waals surface area contributed by atoms with E-state index in [2.05, 4.69) is 30.6 Å². The van der Waals surface area contributed by atoms with Crippen LogP contribution in [0.25, 0.3) is 5.57 Å². The van der Waals surface area contributed by atoms with Gasteiger partial charge >= 0.3 is 0 Å². The molecule has 0 saturated heterocycles. The van der Waals surface area contributed by atoms with Crippen LogP contribution in [0.2, 0.25) is 0 Å². The van der Waals surface area contributed by atoms with Gasteiger partial charge in [0.2, 0.25) is 0 Å². The average molecular weight is 150 g/mol. The predicted molar refractivity (Wildman–Crippen MR) is 47.4 cm³/mol. The van der Waals surface area contributed by atoms with Crippen molar-refractivity contribution in [1.82, 2.24) is 10.2 Å². The molecule has 0 fully saturated rings. The molecule has 0 amide bonds. The van der Waals surface area contributed by atoms with Gasteiger partial charge in [-0.1, -0.05) is 20.4 Å². The summed E-state index contributed by atoms with van der Waals surface area (Å²) >= 11 is 0. The Hall–Kier alpha value is -1.05. The lowest BCUT2D eigenvalue weighted by atomic mass is 10.0. The quantitative estimate of drug-likeness (QED) is 0.689. The lowest BCUT2D eigenvalue weighted by Gasteiger charge is -2.04. The van der Waals surface area contributed by atoms with Crippen LogP contribution in [-0.2, 0) is 0 Å². The van der Waals surface area contributed by atoms with Crippen molar-refractivity contribution >= 4 is 5.57 Å². The van der Waals surface area contributed by atoms with Gasteiger partial charge in [0.1, 0.15) is 0 Å². The van der Waals surface area contributed by atoms with Gasteiger partial charge in [-0.3, -0.25) is 5.10 Å². The molecule has 1 rings (SSSR count). The van der Waals surface area contributed by atoms with Gasteiger partial charge in [-0.2, -0.15) is 5.10 Å². The Bertz CT molecular complexity index is 258. The second-order valence-electron chi connectivity index (χ2n) is 3.13. The van der Waals surface area contributed by atoms with E-state index in [1.807, 2.05) is 13.1 Å². The summed E-state index contributed by atoms with van der Waals surface area (Å²) in [5, 5.41) is 6.95. The zero-order chi connectivity index (χ0) is 8.43. The molecule has 0 aliphatic rings. The van der Waals surface area contributed by atoms with Gasteiger partial charge in [-0.15, -0.1) is 0 Å². The molecule has 2 nitrogen and oxygen atoms in total. The maximum atomic E-state index is 3.98. The van der Waals surface area contributed by atoms with E-state index in [9.17, 15) is 0 Å². The van der Waals surface area contributed by atoms with E-state index in [1.54, 1.807) is 0 Å². The zero-order valence-corrected chi connectivity index (χ0v) is 7.31. The van der Waals surface area contributed by atoms with Gasteiger partial charge in [0.15, 0.2) is 0 Å². The first-order valence-corrected chi connectivity index (χ1v) is 3.82. The summed E-state index contributed by atoms with van der Waals surface area (Å²) in [6.45, 7) is 10.2. The van der Waals surface area contributed by atoms with E-state index < -0.39 is 0 Å². The molecule has 0 unspecified atom stereocenters. The molecule has 0 aliphatic carbocycles. The first kappa shape index (κ1) is 8.05. The number of hydrogen-bond acceptors (Lipinski definition) is 1. The molecule has 0 spiro atoms. The number of rotatable bonds is 2. The third-order valence-electron chi connectivity index (χ3n) is 1.71. The highest BCUT2D eigenvalue weighted by Crippen LogP contribution is 2.21. The molecule has 60 valence electrons. The van der Waals surface area contributed by atoms with Gasteiger partial charge < -0.3 is 0 Å².